The SMILES string of the molecule is CN(C)c1ccc(/C=C/c2cc[n+](CCCCS(=O)(=O)[O-])cc2)cc1. The van der Waals surface area contributed by atoms with E-state index in [-0.39, 0.29) is 5.75 Å². The largest absolute Gasteiger partial charge is 0.748 e. The molecule has 1 aromatic heterocycles. The summed E-state index contributed by atoms with van der Waals surface area (Å²) in [5.41, 5.74) is 3.40. The predicted molar refractivity (Wildman–Crippen MR) is 100 cm³/mol. The summed E-state index contributed by atoms with van der Waals surface area (Å²) in [4.78, 5) is 2.07. The van der Waals surface area contributed by atoms with Gasteiger partial charge < -0.3 is 9.45 Å². The van der Waals surface area contributed by atoms with Crippen LogP contribution in [-0.2, 0) is 16.7 Å². The second-order valence-electron chi connectivity index (χ2n) is 6.16. The van der Waals surface area contributed by atoms with E-state index >= 15 is 0 Å². The smallest absolute Gasteiger partial charge is 0.169 e. The van der Waals surface area contributed by atoms with Crippen molar-refractivity contribution in [2.45, 2.75) is 19.4 Å². The highest BCUT2D eigenvalue weighted by atomic mass is 32.2. The fraction of sp³-hybridized carbons (Fsp3) is 0.316. The van der Waals surface area contributed by atoms with Gasteiger partial charge in [0.2, 0.25) is 0 Å². The minimum absolute atomic E-state index is 0.291. The summed E-state index contributed by atoms with van der Waals surface area (Å²) in [7, 11) is -0.0625. The van der Waals surface area contributed by atoms with Gasteiger partial charge >= 0.3 is 0 Å². The van der Waals surface area contributed by atoms with Crippen molar-refractivity contribution in [3.63, 3.8) is 0 Å². The van der Waals surface area contributed by atoms with Crippen LogP contribution < -0.4 is 9.47 Å². The van der Waals surface area contributed by atoms with E-state index in [2.05, 4.69) is 41.3 Å². The van der Waals surface area contributed by atoms with E-state index in [1.54, 1.807) is 0 Å². The molecule has 0 fully saturated rings. The Kier molecular flexibility index (Phi) is 6.73. The van der Waals surface area contributed by atoms with Gasteiger partial charge in [0.1, 0.15) is 6.54 Å². The van der Waals surface area contributed by atoms with Gasteiger partial charge in [-0.3, -0.25) is 0 Å². The van der Waals surface area contributed by atoms with Gasteiger partial charge in [0.15, 0.2) is 12.4 Å². The Labute approximate surface area is 150 Å². The number of unbranched alkanes of at least 4 members (excludes halogenated alkanes) is 1. The van der Waals surface area contributed by atoms with Gasteiger partial charge in [-0.1, -0.05) is 24.3 Å². The number of nitrogens with zero attached hydrogens (tertiary/aromatic N) is 2. The zero-order valence-corrected chi connectivity index (χ0v) is 15.4. The van der Waals surface area contributed by atoms with Crippen LogP contribution in [0.15, 0.2) is 48.8 Å². The van der Waals surface area contributed by atoms with Crippen LogP contribution in [-0.4, -0.2) is 32.8 Å². The highest BCUT2D eigenvalue weighted by molar-refractivity contribution is 7.85. The molecule has 134 valence electrons. The first-order valence-electron chi connectivity index (χ1n) is 8.22. The molecule has 0 aliphatic rings. The van der Waals surface area contributed by atoms with E-state index in [1.165, 1.54) is 5.69 Å². The molecule has 1 heterocycles. The van der Waals surface area contributed by atoms with E-state index in [0.717, 1.165) is 11.1 Å². The lowest BCUT2D eigenvalue weighted by Gasteiger charge is -2.11. The van der Waals surface area contributed by atoms with Gasteiger partial charge in [-0.2, -0.15) is 0 Å². The van der Waals surface area contributed by atoms with Crippen LogP contribution in [0.5, 0.6) is 0 Å². The molecule has 0 saturated carbocycles. The average molecular weight is 360 g/mol. The lowest BCUT2D eigenvalue weighted by Crippen LogP contribution is -2.32. The van der Waals surface area contributed by atoms with Gasteiger partial charge in [-0.25, -0.2) is 13.0 Å². The second-order valence-corrected chi connectivity index (χ2v) is 7.68. The Bertz CT molecular complexity index is 796. The number of aryl methyl sites for hydroxylation is 1. The van der Waals surface area contributed by atoms with Crippen LogP contribution >= 0.6 is 0 Å². The molecule has 25 heavy (non-hydrogen) atoms. The number of aromatic nitrogens is 1. The maximum Gasteiger partial charge on any atom is 0.169 e. The molecule has 0 atom stereocenters. The topological polar surface area (TPSA) is 64.3 Å². The Balaban J connectivity index is 1.87. The van der Waals surface area contributed by atoms with E-state index in [4.69, 9.17) is 0 Å². The monoisotopic (exact) mass is 360 g/mol. The van der Waals surface area contributed by atoms with E-state index in [0.29, 0.717) is 19.4 Å². The molecule has 0 spiro atoms. The Morgan fingerprint density at radius 1 is 0.960 bits per heavy atom. The molecule has 0 bridgehead atoms. The van der Waals surface area contributed by atoms with Crippen LogP contribution in [0.2, 0.25) is 0 Å². The maximum atomic E-state index is 10.6. The van der Waals surface area contributed by atoms with Crippen LogP contribution in [0.25, 0.3) is 12.2 Å². The molecule has 0 amide bonds. The normalized spacial score (nSPS) is 11.8. The molecule has 2 rings (SSSR count). The van der Waals surface area contributed by atoms with Gasteiger partial charge in [0.05, 0.1) is 10.1 Å². The number of anilines is 1. The minimum atomic E-state index is -4.10. The highest BCUT2D eigenvalue weighted by Gasteiger charge is 2.02. The summed E-state index contributed by atoms with van der Waals surface area (Å²) in [5, 5.41) is 0. The van der Waals surface area contributed by atoms with Gasteiger partial charge in [0, 0.05) is 44.1 Å². The molecular formula is C19H24N2O3S. The van der Waals surface area contributed by atoms with E-state index in [9.17, 15) is 13.0 Å². The maximum absolute atomic E-state index is 10.6. The standard InChI is InChI=1S/C19H24N2O3S/c1-20(2)19-9-7-17(8-10-19)5-6-18-11-14-21(15-12-18)13-3-4-16-25(22,23)24/h5-12,14-15H,3-4,13,16H2,1-2H3. The predicted octanol–water partition coefficient (Wildman–Crippen LogP) is 2.54. The molecule has 1 aromatic carbocycles. The Hall–Kier alpha value is -2.18. The fourth-order valence-corrected chi connectivity index (χ4v) is 2.94. The summed E-state index contributed by atoms with van der Waals surface area (Å²) in [6.07, 6.45) is 9.10. The van der Waals surface area contributed by atoms with Crippen molar-refractivity contribution in [3.8, 4) is 0 Å². The minimum Gasteiger partial charge on any atom is -0.748 e. The van der Waals surface area contributed by atoms with Crippen molar-refractivity contribution in [1.29, 1.82) is 0 Å². The summed E-state index contributed by atoms with van der Waals surface area (Å²) in [6.45, 7) is 0.700. The summed E-state index contributed by atoms with van der Waals surface area (Å²) >= 11 is 0. The van der Waals surface area contributed by atoms with Crippen LogP contribution in [0.1, 0.15) is 24.0 Å². The molecule has 6 heteroatoms. The highest BCUT2D eigenvalue weighted by Crippen LogP contribution is 2.14. The van der Waals surface area contributed by atoms with Crippen molar-refractivity contribution in [3.05, 3.63) is 59.9 Å². The molecule has 0 aliphatic carbocycles. The van der Waals surface area contributed by atoms with Gasteiger partial charge in [-0.05, 0) is 29.7 Å². The first-order valence-corrected chi connectivity index (χ1v) is 9.79. The van der Waals surface area contributed by atoms with Crippen LogP contribution in [0, 0.1) is 0 Å². The van der Waals surface area contributed by atoms with Crippen LogP contribution in [0.3, 0.4) is 0 Å². The molecule has 0 N–H and O–H groups in total. The quantitative estimate of drug-likeness (QED) is 0.412. The third-order valence-electron chi connectivity index (χ3n) is 3.86. The van der Waals surface area contributed by atoms with Crippen molar-refractivity contribution >= 4 is 28.0 Å². The molecule has 0 aliphatic heterocycles. The zero-order chi connectivity index (χ0) is 18.3. The third kappa shape index (κ3) is 7.07. The first kappa shape index (κ1) is 19.1. The number of benzene rings is 1. The van der Waals surface area contributed by atoms with Crippen molar-refractivity contribution < 1.29 is 17.5 Å². The van der Waals surface area contributed by atoms with Crippen molar-refractivity contribution in [2.24, 2.45) is 0 Å². The molecule has 0 unspecified atom stereocenters. The van der Waals surface area contributed by atoms with Crippen LogP contribution in [0.4, 0.5) is 5.69 Å². The Morgan fingerprint density at radius 3 is 2.04 bits per heavy atom. The summed E-state index contributed by atoms with van der Waals surface area (Å²) in [6, 6.07) is 12.4. The number of rotatable bonds is 8. The second kappa shape index (κ2) is 8.78. The van der Waals surface area contributed by atoms with Gasteiger partial charge in [-0.15, -0.1) is 0 Å². The van der Waals surface area contributed by atoms with E-state index in [1.807, 2.05) is 43.2 Å². The average Bonchev–Trinajstić information content (AvgIpc) is 2.57. The van der Waals surface area contributed by atoms with Crippen molar-refractivity contribution in [1.82, 2.24) is 0 Å². The lowest BCUT2D eigenvalue weighted by molar-refractivity contribution is -0.697. The number of hydrogen-bond acceptors (Lipinski definition) is 4. The van der Waals surface area contributed by atoms with Gasteiger partial charge in [0.25, 0.3) is 0 Å². The zero-order valence-electron chi connectivity index (χ0n) is 14.6. The van der Waals surface area contributed by atoms with Crippen molar-refractivity contribution in [2.75, 3.05) is 24.7 Å². The molecule has 5 nitrogen and oxygen atoms in total. The molecule has 0 radical (unpaired) electrons. The lowest BCUT2D eigenvalue weighted by atomic mass is 10.1. The van der Waals surface area contributed by atoms with E-state index < -0.39 is 10.1 Å². The third-order valence-corrected chi connectivity index (χ3v) is 4.64. The number of pyridine rings is 1. The fourth-order valence-electron chi connectivity index (χ4n) is 2.38. The number of hydrogen-bond donors (Lipinski definition) is 0. The molecular weight excluding hydrogens is 336 g/mol. The molecule has 0 saturated heterocycles. The molecule has 2 aromatic rings. The summed E-state index contributed by atoms with van der Waals surface area (Å²) in [5.74, 6) is -0.291. The Morgan fingerprint density at radius 2 is 1.52 bits per heavy atom. The summed E-state index contributed by atoms with van der Waals surface area (Å²) < 4.78 is 33.7. The first-order chi connectivity index (χ1) is 11.8.